The Morgan fingerprint density at radius 3 is 2.56 bits per heavy atom. The van der Waals surface area contributed by atoms with E-state index in [9.17, 15) is 36.2 Å². The first kappa shape index (κ1) is 22.6. The van der Waals surface area contributed by atoms with Crippen LogP contribution in [0.1, 0.15) is 27.2 Å². The van der Waals surface area contributed by atoms with Gasteiger partial charge in [0, 0.05) is 17.5 Å². The van der Waals surface area contributed by atoms with Gasteiger partial charge in [-0.05, 0) is 30.0 Å². The molecule has 1 amide bonds. The molecule has 1 aliphatic rings. The van der Waals surface area contributed by atoms with Gasteiger partial charge in [-0.1, -0.05) is 12.6 Å². The molecular weight excluding hydrogens is 480 g/mol. The zero-order valence-electron chi connectivity index (χ0n) is 16.1. The molecule has 3 aromatic heterocycles. The fourth-order valence-electron chi connectivity index (χ4n) is 3.44. The van der Waals surface area contributed by atoms with E-state index in [1.165, 1.54) is 18.3 Å². The number of carbonyl (C=O) groups excluding carboxylic acids is 1. The Labute approximate surface area is 184 Å². The van der Waals surface area contributed by atoms with Gasteiger partial charge in [0.1, 0.15) is 4.83 Å². The van der Waals surface area contributed by atoms with Gasteiger partial charge in [-0.15, -0.1) is 22.7 Å². The van der Waals surface area contributed by atoms with Gasteiger partial charge in [0.15, 0.2) is 0 Å². The molecule has 0 aliphatic carbocycles. The Balaban J connectivity index is 1.90. The minimum Gasteiger partial charge on any atom is -0.362 e. The maximum absolute atomic E-state index is 13.8. The number of fused-ring (bicyclic) bond motifs is 1. The minimum atomic E-state index is -5.23. The van der Waals surface area contributed by atoms with Crippen LogP contribution < -0.4 is 5.43 Å². The summed E-state index contributed by atoms with van der Waals surface area (Å²) in [5.41, 5.74) is -2.99. The number of aromatic nitrogens is 1. The Hall–Kier alpha value is -2.64. The van der Waals surface area contributed by atoms with Gasteiger partial charge >= 0.3 is 12.4 Å². The molecule has 0 aromatic carbocycles. The third kappa shape index (κ3) is 3.44. The van der Waals surface area contributed by atoms with Gasteiger partial charge in [0.05, 0.1) is 21.0 Å². The second-order valence-corrected chi connectivity index (χ2v) is 9.06. The van der Waals surface area contributed by atoms with Gasteiger partial charge < -0.3 is 5.11 Å². The number of nitrogens with one attached hydrogen (secondary N) is 1. The molecule has 1 saturated heterocycles. The highest BCUT2D eigenvalue weighted by molar-refractivity contribution is 7.20. The Kier molecular flexibility index (Phi) is 5.06. The lowest BCUT2D eigenvalue weighted by Gasteiger charge is -2.33. The molecule has 4 heterocycles. The SMILES string of the molecule is C=C1C[C@](O)(C(F)(F)F)N(C(=O)c2sc3nc(-c4cccs4)cc(C(F)(F)F)c3c2C)N1. The molecule has 32 heavy (non-hydrogen) atoms. The average molecular weight is 493 g/mol. The van der Waals surface area contributed by atoms with Crippen molar-refractivity contribution in [1.29, 1.82) is 0 Å². The predicted octanol–water partition coefficient (Wildman–Crippen LogP) is 5.47. The van der Waals surface area contributed by atoms with Crippen molar-refractivity contribution in [2.75, 3.05) is 0 Å². The fraction of sp³-hybridized carbons (Fsp3) is 0.263. The highest BCUT2D eigenvalue weighted by Crippen LogP contribution is 2.45. The summed E-state index contributed by atoms with van der Waals surface area (Å²) in [6.45, 7) is 4.52. The number of aryl methyl sites for hydroxylation is 1. The number of rotatable bonds is 2. The van der Waals surface area contributed by atoms with Crippen LogP contribution in [0.15, 0.2) is 35.9 Å². The Bertz CT molecular complexity index is 1230. The molecule has 5 nitrogen and oxygen atoms in total. The Morgan fingerprint density at radius 2 is 2.00 bits per heavy atom. The second-order valence-electron chi connectivity index (χ2n) is 7.11. The smallest absolute Gasteiger partial charge is 0.362 e. The zero-order chi connectivity index (χ0) is 23.6. The molecule has 1 fully saturated rings. The molecule has 0 unspecified atom stereocenters. The number of hydrogen-bond donors (Lipinski definition) is 2. The monoisotopic (exact) mass is 493 g/mol. The van der Waals surface area contributed by atoms with E-state index in [1.807, 2.05) is 0 Å². The number of carbonyl (C=O) groups is 1. The molecule has 4 rings (SSSR count). The van der Waals surface area contributed by atoms with E-state index < -0.39 is 40.8 Å². The number of amides is 1. The first-order valence-corrected chi connectivity index (χ1v) is 10.6. The molecule has 3 aromatic rings. The van der Waals surface area contributed by atoms with E-state index in [0.717, 1.165) is 6.07 Å². The van der Waals surface area contributed by atoms with Gasteiger partial charge in [-0.2, -0.15) is 26.3 Å². The van der Waals surface area contributed by atoms with Gasteiger partial charge in [-0.25, -0.2) is 9.99 Å². The summed E-state index contributed by atoms with van der Waals surface area (Å²) in [6, 6.07) is 4.07. The lowest BCUT2D eigenvalue weighted by Crippen LogP contribution is -2.59. The summed E-state index contributed by atoms with van der Waals surface area (Å²) in [6.07, 6.45) is -11.0. The van der Waals surface area contributed by atoms with Gasteiger partial charge in [-0.3, -0.25) is 10.2 Å². The third-order valence-corrected chi connectivity index (χ3v) is 7.00. The van der Waals surface area contributed by atoms with Crippen LogP contribution in [0.2, 0.25) is 0 Å². The second kappa shape index (κ2) is 7.18. The van der Waals surface area contributed by atoms with Crippen LogP contribution >= 0.6 is 22.7 Å². The van der Waals surface area contributed by atoms with Gasteiger partial charge in [0.2, 0.25) is 0 Å². The largest absolute Gasteiger partial charge is 0.438 e. The number of thiophene rings is 2. The summed E-state index contributed by atoms with van der Waals surface area (Å²) in [7, 11) is 0. The molecule has 0 saturated carbocycles. The van der Waals surface area contributed by atoms with Gasteiger partial charge in [0.25, 0.3) is 11.6 Å². The Morgan fingerprint density at radius 1 is 1.31 bits per heavy atom. The van der Waals surface area contributed by atoms with E-state index >= 15 is 0 Å². The molecule has 0 spiro atoms. The fourth-order valence-corrected chi connectivity index (χ4v) is 5.26. The molecule has 0 bridgehead atoms. The summed E-state index contributed by atoms with van der Waals surface area (Å²) < 4.78 is 82.0. The van der Waals surface area contributed by atoms with Crippen molar-refractivity contribution in [2.45, 2.75) is 31.4 Å². The molecule has 0 radical (unpaired) electrons. The average Bonchev–Trinajstić information content (AvgIpc) is 3.38. The highest BCUT2D eigenvalue weighted by atomic mass is 32.1. The number of pyridine rings is 1. The number of aliphatic hydroxyl groups is 1. The van der Waals surface area contributed by atoms with Crippen LogP contribution in [0.4, 0.5) is 26.3 Å². The maximum Gasteiger partial charge on any atom is 0.438 e. The summed E-state index contributed by atoms with van der Waals surface area (Å²) in [5.74, 6) is -1.34. The van der Waals surface area contributed by atoms with Crippen LogP contribution in [0.5, 0.6) is 0 Å². The zero-order valence-corrected chi connectivity index (χ0v) is 17.7. The minimum absolute atomic E-state index is 0.0274. The molecule has 1 aliphatic heterocycles. The van der Waals surface area contributed by atoms with Crippen molar-refractivity contribution < 1.29 is 36.2 Å². The van der Waals surface area contributed by atoms with Crippen LogP contribution in [0.3, 0.4) is 0 Å². The number of halogens is 6. The van der Waals surface area contributed by atoms with Crippen LogP contribution in [-0.2, 0) is 6.18 Å². The molecule has 1 atom stereocenters. The predicted molar refractivity (Wildman–Crippen MR) is 107 cm³/mol. The summed E-state index contributed by atoms with van der Waals surface area (Å²) in [4.78, 5) is 17.1. The van der Waals surface area contributed by atoms with Crippen molar-refractivity contribution in [2.24, 2.45) is 0 Å². The van der Waals surface area contributed by atoms with Crippen molar-refractivity contribution in [3.05, 3.63) is 51.9 Å². The highest BCUT2D eigenvalue weighted by Gasteiger charge is 2.63. The molecule has 170 valence electrons. The summed E-state index contributed by atoms with van der Waals surface area (Å²) in [5, 5.41) is 11.4. The first-order chi connectivity index (χ1) is 14.7. The lowest BCUT2D eigenvalue weighted by atomic mass is 10.0. The first-order valence-electron chi connectivity index (χ1n) is 8.87. The van der Waals surface area contributed by atoms with E-state index in [4.69, 9.17) is 0 Å². The number of nitrogens with zero attached hydrogens (tertiary/aromatic N) is 2. The van der Waals surface area contributed by atoms with Crippen LogP contribution in [0, 0.1) is 6.92 Å². The van der Waals surface area contributed by atoms with Crippen molar-refractivity contribution >= 4 is 38.8 Å². The van der Waals surface area contributed by atoms with E-state index in [-0.39, 0.29) is 32.2 Å². The van der Waals surface area contributed by atoms with E-state index in [1.54, 1.807) is 17.5 Å². The van der Waals surface area contributed by atoms with Crippen molar-refractivity contribution in [1.82, 2.24) is 15.4 Å². The molecule has 2 N–H and O–H groups in total. The van der Waals surface area contributed by atoms with Crippen LogP contribution in [-0.4, -0.2) is 32.9 Å². The maximum atomic E-state index is 13.8. The topological polar surface area (TPSA) is 65.5 Å². The third-order valence-electron chi connectivity index (χ3n) is 4.93. The number of hydrogen-bond acceptors (Lipinski definition) is 6. The molecule has 13 heteroatoms. The standard InChI is InChI=1S/C19H13F6N3O2S2/c1-8-7-17(30,19(23,24)25)28(27-8)16(29)14-9(2)13-10(18(20,21)22)6-11(26-15(13)32-14)12-4-3-5-31-12/h3-6,27,30H,1,7H2,2H3/t17-/m0/s1. The van der Waals surface area contributed by atoms with Crippen molar-refractivity contribution in [3.63, 3.8) is 0 Å². The lowest BCUT2D eigenvalue weighted by molar-refractivity contribution is -0.299. The summed E-state index contributed by atoms with van der Waals surface area (Å²) >= 11 is 1.69. The van der Waals surface area contributed by atoms with Crippen LogP contribution in [0.25, 0.3) is 20.8 Å². The quantitative estimate of drug-likeness (QED) is 0.465. The number of hydrazine groups is 1. The van der Waals surface area contributed by atoms with E-state index in [0.29, 0.717) is 16.2 Å². The molecular formula is C19H13F6N3O2S2. The van der Waals surface area contributed by atoms with Crippen molar-refractivity contribution in [3.8, 4) is 10.6 Å². The normalized spacial score (nSPS) is 19.6. The van der Waals surface area contributed by atoms with E-state index in [2.05, 4.69) is 17.0 Å². The number of alkyl halides is 6.